The lowest BCUT2D eigenvalue weighted by Crippen LogP contribution is -2.26. The first-order chi connectivity index (χ1) is 9.47. The molecule has 0 bridgehead atoms. The molecule has 1 unspecified atom stereocenters. The number of carbonyl (C=O) groups is 2. The molecular formula is C15H22N2O3. The van der Waals surface area contributed by atoms with Crippen LogP contribution in [0.3, 0.4) is 0 Å². The van der Waals surface area contributed by atoms with Crippen LogP contribution < -0.4 is 10.6 Å². The molecule has 0 aliphatic rings. The zero-order valence-corrected chi connectivity index (χ0v) is 12.0. The van der Waals surface area contributed by atoms with Gasteiger partial charge in [-0.25, -0.2) is 0 Å². The van der Waals surface area contributed by atoms with Gasteiger partial charge >= 0.3 is 0 Å². The third kappa shape index (κ3) is 6.89. The van der Waals surface area contributed by atoms with Crippen molar-refractivity contribution < 1.29 is 14.7 Å². The van der Waals surface area contributed by atoms with Gasteiger partial charge in [-0.1, -0.05) is 12.1 Å². The van der Waals surface area contributed by atoms with E-state index in [9.17, 15) is 9.59 Å². The quantitative estimate of drug-likeness (QED) is 0.661. The Hall–Kier alpha value is -1.88. The number of aliphatic hydroxyl groups excluding tert-OH is 1. The molecule has 1 rings (SSSR count). The summed E-state index contributed by atoms with van der Waals surface area (Å²) in [6.45, 7) is 3.76. The second kappa shape index (κ2) is 8.32. The lowest BCUT2D eigenvalue weighted by Gasteiger charge is -2.07. The summed E-state index contributed by atoms with van der Waals surface area (Å²) >= 11 is 0. The van der Waals surface area contributed by atoms with Gasteiger partial charge in [0.1, 0.15) is 0 Å². The number of amides is 2. The molecule has 1 atom stereocenters. The molecule has 2 amide bonds. The van der Waals surface area contributed by atoms with Crippen molar-refractivity contribution >= 4 is 17.5 Å². The van der Waals surface area contributed by atoms with Crippen molar-refractivity contribution in [3.8, 4) is 0 Å². The average molecular weight is 278 g/mol. The summed E-state index contributed by atoms with van der Waals surface area (Å²) < 4.78 is 0. The van der Waals surface area contributed by atoms with Gasteiger partial charge in [0.2, 0.25) is 11.8 Å². The van der Waals surface area contributed by atoms with E-state index in [4.69, 9.17) is 5.11 Å². The second-order valence-corrected chi connectivity index (χ2v) is 4.90. The summed E-state index contributed by atoms with van der Waals surface area (Å²) in [6.07, 6.45) is 1.44. The Bertz CT molecular complexity index is 441. The largest absolute Gasteiger partial charge is 0.393 e. The summed E-state index contributed by atoms with van der Waals surface area (Å²) in [4.78, 5) is 22.6. The summed E-state index contributed by atoms with van der Waals surface area (Å²) in [7, 11) is 0. The van der Waals surface area contributed by atoms with Crippen LogP contribution in [0.1, 0.15) is 32.3 Å². The molecule has 20 heavy (non-hydrogen) atoms. The molecule has 1 aromatic rings. The van der Waals surface area contributed by atoms with Gasteiger partial charge in [0.15, 0.2) is 0 Å². The number of anilines is 1. The maximum atomic E-state index is 11.7. The maximum Gasteiger partial charge on any atom is 0.224 e. The van der Waals surface area contributed by atoms with Crippen LogP contribution in [0.15, 0.2) is 24.3 Å². The van der Waals surface area contributed by atoms with E-state index in [1.54, 1.807) is 19.1 Å². The van der Waals surface area contributed by atoms with Crippen molar-refractivity contribution in [3.63, 3.8) is 0 Å². The minimum absolute atomic E-state index is 0.0390. The molecule has 110 valence electrons. The molecule has 0 spiro atoms. The Morgan fingerprint density at radius 2 is 1.90 bits per heavy atom. The number of nitrogens with one attached hydrogen (secondary N) is 2. The summed E-state index contributed by atoms with van der Waals surface area (Å²) in [5.74, 6) is -0.156. The number of carbonyl (C=O) groups excluding carboxylic acids is 2. The van der Waals surface area contributed by atoms with Crippen molar-refractivity contribution in [2.45, 2.75) is 39.2 Å². The fourth-order valence-electron chi connectivity index (χ4n) is 1.78. The van der Waals surface area contributed by atoms with E-state index in [0.29, 0.717) is 19.4 Å². The topological polar surface area (TPSA) is 78.4 Å². The van der Waals surface area contributed by atoms with Gasteiger partial charge in [0.25, 0.3) is 0 Å². The fourth-order valence-corrected chi connectivity index (χ4v) is 1.78. The SMILES string of the molecule is CC(=O)Nc1ccc(CC(=O)NCCCC(C)O)cc1. The fraction of sp³-hybridized carbons (Fsp3) is 0.467. The number of hydrogen-bond donors (Lipinski definition) is 3. The molecule has 0 fully saturated rings. The number of benzene rings is 1. The molecule has 0 saturated heterocycles. The predicted octanol–water partition coefficient (Wildman–Crippen LogP) is 1.46. The van der Waals surface area contributed by atoms with Crippen LogP contribution in [0, 0.1) is 0 Å². The third-order valence-electron chi connectivity index (χ3n) is 2.76. The molecule has 0 radical (unpaired) electrons. The molecule has 0 saturated carbocycles. The Kier molecular flexibility index (Phi) is 6.73. The average Bonchev–Trinajstić information content (AvgIpc) is 2.36. The van der Waals surface area contributed by atoms with Crippen LogP contribution >= 0.6 is 0 Å². The Morgan fingerprint density at radius 1 is 1.25 bits per heavy atom. The maximum absolute atomic E-state index is 11.7. The van der Waals surface area contributed by atoms with Crippen molar-refractivity contribution in [1.29, 1.82) is 0 Å². The predicted molar refractivity (Wildman–Crippen MR) is 78.4 cm³/mol. The van der Waals surface area contributed by atoms with Gasteiger partial charge in [-0.15, -0.1) is 0 Å². The van der Waals surface area contributed by atoms with Crippen LogP contribution in [-0.2, 0) is 16.0 Å². The standard InChI is InChI=1S/C15H22N2O3/c1-11(18)4-3-9-16-15(20)10-13-5-7-14(8-6-13)17-12(2)19/h5-8,11,18H,3-4,9-10H2,1-2H3,(H,16,20)(H,17,19). The summed E-state index contributed by atoms with van der Waals surface area (Å²) in [5, 5.41) is 14.6. The molecular weight excluding hydrogens is 256 g/mol. The lowest BCUT2D eigenvalue weighted by atomic mass is 10.1. The van der Waals surface area contributed by atoms with Crippen molar-refractivity contribution in [3.05, 3.63) is 29.8 Å². The Balaban J connectivity index is 2.33. The van der Waals surface area contributed by atoms with Crippen molar-refractivity contribution in [2.24, 2.45) is 0 Å². The first-order valence-corrected chi connectivity index (χ1v) is 6.78. The number of hydrogen-bond acceptors (Lipinski definition) is 3. The molecule has 1 aromatic carbocycles. The van der Waals surface area contributed by atoms with Gasteiger partial charge in [0, 0.05) is 19.2 Å². The van der Waals surface area contributed by atoms with Crippen LogP contribution in [0.2, 0.25) is 0 Å². The van der Waals surface area contributed by atoms with E-state index in [2.05, 4.69) is 10.6 Å². The summed E-state index contributed by atoms with van der Waals surface area (Å²) in [5.41, 5.74) is 1.62. The van der Waals surface area contributed by atoms with Gasteiger partial charge in [-0.2, -0.15) is 0 Å². The molecule has 0 aromatic heterocycles. The molecule has 3 N–H and O–H groups in total. The van der Waals surface area contributed by atoms with Crippen LogP contribution in [0.5, 0.6) is 0 Å². The molecule has 5 nitrogen and oxygen atoms in total. The summed E-state index contributed by atoms with van der Waals surface area (Å²) in [6, 6.07) is 7.19. The van der Waals surface area contributed by atoms with Gasteiger partial charge in [0.05, 0.1) is 12.5 Å². The lowest BCUT2D eigenvalue weighted by molar-refractivity contribution is -0.120. The third-order valence-corrected chi connectivity index (χ3v) is 2.76. The van der Waals surface area contributed by atoms with Crippen LogP contribution in [0.4, 0.5) is 5.69 Å². The van der Waals surface area contributed by atoms with Gasteiger partial charge in [-0.05, 0) is 37.5 Å². The molecule has 5 heteroatoms. The zero-order chi connectivity index (χ0) is 15.0. The van der Waals surface area contributed by atoms with E-state index in [-0.39, 0.29) is 17.9 Å². The second-order valence-electron chi connectivity index (χ2n) is 4.90. The number of rotatable bonds is 7. The first-order valence-electron chi connectivity index (χ1n) is 6.78. The molecule has 0 aliphatic heterocycles. The van der Waals surface area contributed by atoms with Gasteiger partial charge in [-0.3, -0.25) is 9.59 Å². The number of aliphatic hydroxyl groups is 1. The normalized spacial score (nSPS) is 11.8. The van der Waals surface area contributed by atoms with Crippen LogP contribution in [-0.4, -0.2) is 29.6 Å². The highest BCUT2D eigenvalue weighted by Gasteiger charge is 2.04. The Morgan fingerprint density at radius 3 is 2.45 bits per heavy atom. The minimum atomic E-state index is -0.326. The molecule has 0 heterocycles. The zero-order valence-electron chi connectivity index (χ0n) is 12.0. The highest BCUT2D eigenvalue weighted by atomic mass is 16.3. The highest BCUT2D eigenvalue weighted by Crippen LogP contribution is 2.09. The van der Waals surface area contributed by atoms with E-state index in [1.807, 2.05) is 12.1 Å². The van der Waals surface area contributed by atoms with E-state index < -0.39 is 0 Å². The van der Waals surface area contributed by atoms with E-state index >= 15 is 0 Å². The minimum Gasteiger partial charge on any atom is -0.393 e. The van der Waals surface area contributed by atoms with Crippen molar-refractivity contribution in [1.82, 2.24) is 5.32 Å². The van der Waals surface area contributed by atoms with E-state index in [1.165, 1.54) is 6.92 Å². The monoisotopic (exact) mass is 278 g/mol. The van der Waals surface area contributed by atoms with Crippen LogP contribution in [0.25, 0.3) is 0 Å². The highest BCUT2D eigenvalue weighted by molar-refractivity contribution is 5.88. The smallest absolute Gasteiger partial charge is 0.224 e. The first kappa shape index (κ1) is 16.2. The molecule has 0 aliphatic carbocycles. The van der Waals surface area contributed by atoms with Gasteiger partial charge < -0.3 is 15.7 Å². The van der Waals surface area contributed by atoms with E-state index in [0.717, 1.165) is 17.7 Å². The Labute approximate surface area is 119 Å². The van der Waals surface area contributed by atoms with Crippen molar-refractivity contribution in [2.75, 3.05) is 11.9 Å².